The number of carbonyl (C=O) groups excluding carboxylic acids is 1. The molecule has 0 radical (unpaired) electrons. The summed E-state index contributed by atoms with van der Waals surface area (Å²) in [5, 5.41) is 4.99. The Morgan fingerprint density at radius 1 is 1.45 bits per heavy atom. The lowest BCUT2D eigenvalue weighted by molar-refractivity contribution is 0.0941. The summed E-state index contributed by atoms with van der Waals surface area (Å²) in [6.45, 7) is 1.30. The maximum absolute atomic E-state index is 12.2. The smallest absolute Gasteiger partial charge is 0.267 e. The van der Waals surface area contributed by atoms with Crippen LogP contribution in [0.25, 0.3) is 0 Å². The molecule has 0 bridgehead atoms. The number of amides is 1. The summed E-state index contributed by atoms with van der Waals surface area (Å²) in [5.74, 6) is 0.566. The van der Waals surface area contributed by atoms with Crippen molar-refractivity contribution >= 4 is 17.2 Å². The van der Waals surface area contributed by atoms with E-state index in [1.807, 2.05) is 34.3 Å². The normalized spacial score (nSPS) is 16.1. The Hall–Kier alpha value is -1.59. The Kier molecular flexibility index (Phi) is 3.89. The van der Waals surface area contributed by atoms with E-state index in [0.29, 0.717) is 18.2 Å². The molecule has 2 aromatic heterocycles. The van der Waals surface area contributed by atoms with Gasteiger partial charge in [-0.3, -0.25) is 4.79 Å². The number of hydrogen-bond donors (Lipinski definition) is 2. The van der Waals surface area contributed by atoms with Crippen LogP contribution in [-0.4, -0.2) is 23.1 Å². The molecule has 0 aromatic carbocycles. The Labute approximate surface area is 122 Å². The lowest BCUT2D eigenvalue weighted by atomic mass is 10.2. The Morgan fingerprint density at radius 3 is 3.00 bits per heavy atom. The van der Waals surface area contributed by atoms with E-state index in [2.05, 4.69) is 11.4 Å². The van der Waals surface area contributed by atoms with Crippen molar-refractivity contribution in [2.45, 2.75) is 25.4 Å². The molecule has 1 aliphatic rings. The van der Waals surface area contributed by atoms with Crippen LogP contribution in [0.3, 0.4) is 0 Å². The fourth-order valence-corrected chi connectivity index (χ4v) is 3.02. The highest BCUT2D eigenvalue weighted by Crippen LogP contribution is 2.31. The first-order valence-electron chi connectivity index (χ1n) is 6.95. The van der Waals surface area contributed by atoms with Crippen LogP contribution in [0.4, 0.5) is 0 Å². The molecule has 3 N–H and O–H groups in total. The van der Waals surface area contributed by atoms with Crippen LogP contribution in [0.15, 0.2) is 35.8 Å². The van der Waals surface area contributed by atoms with Crippen molar-refractivity contribution in [1.82, 2.24) is 9.88 Å². The highest BCUT2D eigenvalue weighted by atomic mass is 32.1. The molecule has 1 aliphatic carbocycles. The summed E-state index contributed by atoms with van der Waals surface area (Å²) in [5.41, 5.74) is 6.70. The van der Waals surface area contributed by atoms with Gasteiger partial charge in [-0.25, -0.2) is 0 Å². The molecule has 2 aromatic rings. The van der Waals surface area contributed by atoms with E-state index < -0.39 is 0 Å². The molecule has 1 amide bonds. The van der Waals surface area contributed by atoms with E-state index in [4.69, 9.17) is 5.73 Å². The quantitative estimate of drug-likeness (QED) is 0.855. The lowest BCUT2D eigenvalue weighted by Crippen LogP contribution is -2.39. The second-order valence-electron chi connectivity index (χ2n) is 5.31. The fourth-order valence-electron chi connectivity index (χ4n) is 2.32. The monoisotopic (exact) mass is 289 g/mol. The summed E-state index contributed by atoms with van der Waals surface area (Å²) in [4.78, 5) is 13.5. The van der Waals surface area contributed by atoms with Crippen molar-refractivity contribution in [3.63, 3.8) is 0 Å². The third-order valence-electron chi connectivity index (χ3n) is 3.69. The van der Waals surface area contributed by atoms with Gasteiger partial charge in [0, 0.05) is 23.7 Å². The maximum atomic E-state index is 12.2. The zero-order valence-electron chi connectivity index (χ0n) is 11.3. The predicted molar refractivity (Wildman–Crippen MR) is 80.9 cm³/mol. The van der Waals surface area contributed by atoms with Gasteiger partial charge in [0.2, 0.25) is 0 Å². The summed E-state index contributed by atoms with van der Waals surface area (Å²) >= 11 is 1.70. The van der Waals surface area contributed by atoms with Crippen molar-refractivity contribution in [3.05, 3.63) is 46.4 Å². The van der Waals surface area contributed by atoms with E-state index >= 15 is 0 Å². The van der Waals surface area contributed by atoms with Gasteiger partial charge in [0.1, 0.15) is 5.69 Å². The number of aromatic nitrogens is 1. The topological polar surface area (TPSA) is 60.0 Å². The standard InChI is InChI=1S/C15H19N3OS/c16-13(11-5-6-11)9-17-15(19)14-4-1-7-18(14)10-12-3-2-8-20-12/h1-4,7-8,11,13H,5-6,9-10,16H2,(H,17,19). The van der Waals surface area contributed by atoms with E-state index in [0.717, 1.165) is 6.54 Å². The summed E-state index contributed by atoms with van der Waals surface area (Å²) in [6.07, 6.45) is 4.34. The average molecular weight is 289 g/mol. The molecule has 2 heterocycles. The molecule has 1 saturated carbocycles. The molecular formula is C15H19N3OS. The second-order valence-corrected chi connectivity index (χ2v) is 6.34. The third kappa shape index (κ3) is 3.11. The van der Waals surface area contributed by atoms with E-state index in [1.165, 1.54) is 17.7 Å². The van der Waals surface area contributed by atoms with Gasteiger partial charge in [-0.05, 0) is 42.3 Å². The van der Waals surface area contributed by atoms with Crippen LogP contribution in [0, 0.1) is 5.92 Å². The second kappa shape index (κ2) is 5.81. The molecule has 20 heavy (non-hydrogen) atoms. The van der Waals surface area contributed by atoms with Crippen LogP contribution in [0.5, 0.6) is 0 Å². The van der Waals surface area contributed by atoms with Crippen molar-refractivity contribution in [3.8, 4) is 0 Å². The SMILES string of the molecule is NC(CNC(=O)c1cccn1Cc1cccs1)C1CC1. The first-order valence-corrected chi connectivity index (χ1v) is 7.83. The molecule has 4 nitrogen and oxygen atoms in total. The van der Waals surface area contributed by atoms with Crippen molar-refractivity contribution in [2.75, 3.05) is 6.54 Å². The van der Waals surface area contributed by atoms with Gasteiger partial charge in [-0.2, -0.15) is 0 Å². The van der Waals surface area contributed by atoms with Crippen LogP contribution >= 0.6 is 11.3 Å². The van der Waals surface area contributed by atoms with Crippen molar-refractivity contribution in [1.29, 1.82) is 0 Å². The van der Waals surface area contributed by atoms with Crippen LogP contribution in [-0.2, 0) is 6.54 Å². The van der Waals surface area contributed by atoms with Gasteiger partial charge in [0.25, 0.3) is 5.91 Å². The molecular weight excluding hydrogens is 270 g/mol. The molecule has 1 unspecified atom stereocenters. The third-order valence-corrected chi connectivity index (χ3v) is 4.56. The zero-order valence-corrected chi connectivity index (χ0v) is 12.1. The van der Waals surface area contributed by atoms with Gasteiger partial charge >= 0.3 is 0 Å². The Morgan fingerprint density at radius 2 is 2.30 bits per heavy atom. The van der Waals surface area contributed by atoms with Crippen LogP contribution < -0.4 is 11.1 Å². The molecule has 1 atom stereocenters. The fraction of sp³-hybridized carbons (Fsp3) is 0.400. The van der Waals surface area contributed by atoms with Crippen LogP contribution in [0.2, 0.25) is 0 Å². The van der Waals surface area contributed by atoms with Gasteiger partial charge < -0.3 is 15.6 Å². The minimum Gasteiger partial charge on any atom is -0.349 e. The minimum absolute atomic E-state index is 0.0392. The molecule has 1 fully saturated rings. The number of hydrogen-bond acceptors (Lipinski definition) is 3. The molecule has 0 aliphatic heterocycles. The van der Waals surface area contributed by atoms with Gasteiger partial charge in [-0.1, -0.05) is 6.07 Å². The number of nitrogens with zero attached hydrogens (tertiary/aromatic N) is 1. The number of nitrogens with two attached hydrogens (primary N) is 1. The average Bonchev–Trinajstić information content (AvgIpc) is 2.98. The number of carbonyl (C=O) groups is 1. The van der Waals surface area contributed by atoms with E-state index in [-0.39, 0.29) is 11.9 Å². The highest BCUT2D eigenvalue weighted by molar-refractivity contribution is 7.09. The number of nitrogens with one attached hydrogen (secondary N) is 1. The van der Waals surface area contributed by atoms with E-state index in [1.54, 1.807) is 11.3 Å². The number of thiophene rings is 1. The first-order chi connectivity index (χ1) is 9.74. The summed E-state index contributed by atoms with van der Waals surface area (Å²) in [7, 11) is 0. The lowest BCUT2D eigenvalue weighted by Gasteiger charge is -2.13. The zero-order chi connectivity index (χ0) is 13.9. The van der Waals surface area contributed by atoms with Gasteiger partial charge in [-0.15, -0.1) is 11.3 Å². The molecule has 0 spiro atoms. The van der Waals surface area contributed by atoms with Gasteiger partial charge in [0.15, 0.2) is 0 Å². The first kappa shape index (κ1) is 13.4. The number of rotatable bonds is 6. The summed E-state index contributed by atoms with van der Waals surface area (Å²) in [6, 6.07) is 7.96. The molecule has 0 saturated heterocycles. The predicted octanol–water partition coefficient (Wildman–Crippen LogP) is 2.06. The Balaban J connectivity index is 1.61. The molecule has 5 heteroatoms. The highest BCUT2D eigenvalue weighted by Gasteiger charge is 2.28. The minimum atomic E-state index is -0.0392. The van der Waals surface area contributed by atoms with E-state index in [9.17, 15) is 4.79 Å². The molecule has 3 rings (SSSR count). The maximum Gasteiger partial charge on any atom is 0.267 e. The molecule has 106 valence electrons. The van der Waals surface area contributed by atoms with Crippen molar-refractivity contribution in [2.24, 2.45) is 11.7 Å². The van der Waals surface area contributed by atoms with Gasteiger partial charge in [0.05, 0.1) is 6.54 Å². The summed E-state index contributed by atoms with van der Waals surface area (Å²) < 4.78 is 1.98. The Bertz CT molecular complexity index is 572. The largest absolute Gasteiger partial charge is 0.349 e. The van der Waals surface area contributed by atoms with Crippen molar-refractivity contribution < 1.29 is 4.79 Å². The van der Waals surface area contributed by atoms with Crippen LogP contribution in [0.1, 0.15) is 28.2 Å².